The standard InChI is InChI=1S/C13H17N3O3/c1-16-5-4-9(8-16)13(19)15-11-3-2-10(14-7-11)6-12(17)18/h2-3,7,9H,4-6,8H2,1H3,(H,15,19)(H,17,18). The minimum absolute atomic E-state index is 0.00265. The molecule has 1 aromatic rings. The molecule has 6 heteroatoms. The number of likely N-dealkylation sites (tertiary alicyclic amines) is 1. The van der Waals surface area contributed by atoms with Crippen LogP contribution in [0.1, 0.15) is 12.1 Å². The molecule has 0 aliphatic carbocycles. The summed E-state index contributed by atoms with van der Waals surface area (Å²) in [5.74, 6) is -0.904. The second kappa shape index (κ2) is 5.79. The maximum atomic E-state index is 12.0. The first-order chi connectivity index (χ1) is 9.04. The van der Waals surface area contributed by atoms with Crippen LogP contribution in [-0.2, 0) is 16.0 Å². The van der Waals surface area contributed by atoms with Crippen molar-refractivity contribution in [1.82, 2.24) is 9.88 Å². The Kier molecular flexibility index (Phi) is 4.11. The highest BCUT2D eigenvalue weighted by Crippen LogP contribution is 2.17. The molecule has 0 aromatic carbocycles. The van der Waals surface area contributed by atoms with Gasteiger partial charge < -0.3 is 15.3 Å². The lowest BCUT2D eigenvalue weighted by Gasteiger charge is -2.11. The number of nitrogens with zero attached hydrogens (tertiary/aromatic N) is 2. The third-order valence-corrected chi connectivity index (χ3v) is 3.19. The zero-order chi connectivity index (χ0) is 13.8. The molecule has 1 aliphatic rings. The molecule has 102 valence electrons. The number of rotatable bonds is 4. The monoisotopic (exact) mass is 263 g/mol. The summed E-state index contributed by atoms with van der Waals surface area (Å²) in [6.07, 6.45) is 2.25. The molecule has 1 saturated heterocycles. The van der Waals surface area contributed by atoms with Gasteiger partial charge in [0.15, 0.2) is 0 Å². The van der Waals surface area contributed by atoms with Crippen LogP contribution in [0.5, 0.6) is 0 Å². The van der Waals surface area contributed by atoms with Crippen LogP contribution in [0.2, 0.25) is 0 Å². The number of carbonyl (C=O) groups excluding carboxylic acids is 1. The van der Waals surface area contributed by atoms with E-state index in [4.69, 9.17) is 5.11 Å². The average Bonchev–Trinajstić information content (AvgIpc) is 2.78. The predicted octanol–water partition coefficient (Wildman–Crippen LogP) is 0.599. The number of amides is 1. The maximum Gasteiger partial charge on any atom is 0.309 e. The van der Waals surface area contributed by atoms with Crippen LogP contribution in [0, 0.1) is 5.92 Å². The number of carboxylic acid groups (broad SMARTS) is 1. The minimum Gasteiger partial charge on any atom is -0.481 e. The van der Waals surface area contributed by atoms with Gasteiger partial charge in [-0.15, -0.1) is 0 Å². The molecule has 1 unspecified atom stereocenters. The molecule has 0 spiro atoms. The van der Waals surface area contributed by atoms with Gasteiger partial charge in [-0.05, 0) is 32.1 Å². The van der Waals surface area contributed by atoms with Crippen LogP contribution in [0.15, 0.2) is 18.3 Å². The fourth-order valence-corrected chi connectivity index (χ4v) is 2.15. The zero-order valence-corrected chi connectivity index (χ0v) is 10.8. The first kappa shape index (κ1) is 13.5. The average molecular weight is 263 g/mol. The number of nitrogens with one attached hydrogen (secondary N) is 1. The number of aromatic nitrogens is 1. The summed E-state index contributed by atoms with van der Waals surface area (Å²) < 4.78 is 0. The summed E-state index contributed by atoms with van der Waals surface area (Å²) in [6.45, 7) is 1.71. The molecule has 0 radical (unpaired) electrons. The minimum atomic E-state index is -0.918. The molecule has 19 heavy (non-hydrogen) atoms. The van der Waals surface area contributed by atoms with Crippen LogP contribution in [-0.4, -0.2) is 47.0 Å². The largest absolute Gasteiger partial charge is 0.481 e. The van der Waals surface area contributed by atoms with Gasteiger partial charge in [0, 0.05) is 6.54 Å². The Morgan fingerprint density at radius 3 is 2.84 bits per heavy atom. The van der Waals surface area contributed by atoms with Gasteiger partial charge in [0.05, 0.1) is 29.9 Å². The molecule has 1 fully saturated rings. The summed E-state index contributed by atoms with van der Waals surface area (Å²) in [6, 6.07) is 3.30. The molecular formula is C13H17N3O3. The Bertz CT molecular complexity index is 473. The van der Waals surface area contributed by atoms with E-state index in [1.807, 2.05) is 7.05 Å². The molecule has 1 aliphatic heterocycles. The lowest BCUT2D eigenvalue weighted by atomic mass is 10.1. The van der Waals surface area contributed by atoms with E-state index in [9.17, 15) is 9.59 Å². The van der Waals surface area contributed by atoms with Gasteiger partial charge in [0.1, 0.15) is 0 Å². The third kappa shape index (κ3) is 3.75. The molecule has 1 aromatic heterocycles. The van der Waals surface area contributed by atoms with Gasteiger partial charge >= 0.3 is 5.97 Å². The van der Waals surface area contributed by atoms with E-state index < -0.39 is 5.97 Å². The number of hydrogen-bond donors (Lipinski definition) is 2. The summed E-state index contributed by atoms with van der Waals surface area (Å²) in [7, 11) is 2.00. The lowest BCUT2D eigenvalue weighted by Crippen LogP contribution is -2.25. The van der Waals surface area contributed by atoms with E-state index in [1.54, 1.807) is 12.1 Å². The van der Waals surface area contributed by atoms with Gasteiger partial charge in [-0.2, -0.15) is 0 Å². The lowest BCUT2D eigenvalue weighted by molar-refractivity contribution is -0.136. The molecule has 0 bridgehead atoms. The van der Waals surface area contributed by atoms with Crippen molar-refractivity contribution in [2.75, 3.05) is 25.5 Å². The summed E-state index contributed by atoms with van der Waals surface area (Å²) in [5, 5.41) is 11.4. The summed E-state index contributed by atoms with van der Waals surface area (Å²) >= 11 is 0. The van der Waals surface area contributed by atoms with Crippen molar-refractivity contribution in [3.63, 3.8) is 0 Å². The fraction of sp³-hybridized carbons (Fsp3) is 0.462. The summed E-state index contributed by atoms with van der Waals surface area (Å²) in [5.41, 5.74) is 1.08. The first-order valence-electron chi connectivity index (χ1n) is 6.20. The molecule has 1 amide bonds. The van der Waals surface area contributed by atoms with E-state index in [2.05, 4.69) is 15.2 Å². The van der Waals surface area contributed by atoms with Crippen molar-refractivity contribution in [3.8, 4) is 0 Å². The molecule has 2 heterocycles. The number of hydrogen-bond acceptors (Lipinski definition) is 4. The Hall–Kier alpha value is -1.95. The second-order valence-electron chi connectivity index (χ2n) is 4.85. The van der Waals surface area contributed by atoms with E-state index in [1.165, 1.54) is 6.20 Å². The number of aliphatic carboxylic acids is 1. The van der Waals surface area contributed by atoms with E-state index in [0.29, 0.717) is 11.4 Å². The Morgan fingerprint density at radius 1 is 1.53 bits per heavy atom. The number of pyridine rings is 1. The molecule has 1 atom stereocenters. The van der Waals surface area contributed by atoms with Crippen LogP contribution in [0.3, 0.4) is 0 Å². The van der Waals surface area contributed by atoms with Crippen LogP contribution >= 0.6 is 0 Å². The smallest absolute Gasteiger partial charge is 0.309 e. The van der Waals surface area contributed by atoms with Crippen LogP contribution in [0.25, 0.3) is 0 Å². The highest BCUT2D eigenvalue weighted by molar-refractivity contribution is 5.92. The van der Waals surface area contributed by atoms with Crippen molar-refractivity contribution in [1.29, 1.82) is 0 Å². The van der Waals surface area contributed by atoms with Crippen molar-refractivity contribution >= 4 is 17.6 Å². The Morgan fingerprint density at radius 2 is 2.32 bits per heavy atom. The van der Waals surface area contributed by atoms with Crippen LogP contribution < -0.4 is 5.32 Å². The summed E-state index contributed by atoms with van der Waals surface area (Å²) in [4.78, 5) is 28.6. The normalized spacial score (nSPS) is 19.3. The quantitative estimate of drug-likeness (QED) is 0.831. The number of carboxylic acids is 1. The predicted molar refractivity (Wildman–Crippen MR) is 69.8 cm³/mol. The van der Waals surface area contributed by atoms with Gasteiger partial charge in [-0.1, -0.05) is 0 Å². The van der Waals surface area contributed by atoms with E-state index >= 15 is 0 Å². The highest BCUT2D eigenvalue weighted by Gasteiger charge is 2.26. The van der Waals surface area contributed by atoms with Crippen molar-refractivity contribution in [3.05, 3.63) is 24.0 Å². The Balaban J connectivity index is 1.92. The zero-order valence-electron chi connectivity index (χ0n) is 10.8. The molecular weight excluding hydrogens is 246 g/mol. The second-order valence-corrected chi connectivity index (χ2v) is 4.85. The highest BCUT2D eigenvalue weighted by atomic mass is 16.4. The SMILES string of the molecule is CN1CCC(C(=O)Nc2ccc(CC(=O)O)nc2)C1. The van der Waals surface area contributed by atoms with Crippen molar-refractivity contribution in [2.45, 2.75) is 12.8 Å². The first-order valence-corrected chi connectivity index (χ1v) is 6.20. The van der Waals surface area contributed by atoms with Gasteiger partial charge in [-0.25, -0.2) is 0 Å². The maximum absolute atomic E-state index is 12.0. The third-order valence-electron chi connectivity index (χ3n) is 3.19. The van der Waals surface area contributed by atoms with E-state index in [0.717, 1.165) is 19.5 Å². The molecule has 2 rings (SSSR count). The van der Waals surface area contributed by atoms with Crippen molar-refractivity contribution < 1.29 is 14.7 Å². The van der Waals surface area contributed by atoms with Gasteiger partial charge in [-0.3, -0.25) is 14.6 Å². The van der Waals surface area contributed by atoms with Crippen molar-refractivity contribution in [2.24, 2.45) is 5.92 Å². The molecule has 0 saturated carbocycles. The molecule has 2 N–H and O–H groups in total. The Labute approximate surface area is 111 Å². The van der Waals surface area contributed by atoms with Gasteiger partial charge in [0.2, 0.25) is 5.91 Å². The van der Waals surface area contributed by atoms with E-state index in [-0.39, 0.29) is 18.2 Å². The number of carbonyl (C=O) groups is 2. The molecule has 6 nitrogen and oxygen atoms in total. The fourth-order valence-electron chi connectivity index (χ4n) is 2.15. The van der Waals surface area contributed by atoms with Gasteiger partial charge in [0.25, 0.3) is 0 Å². The number of anilines is 1. The van der Waals surface area contributed by atoms with Crippen LogP contribution in [0.4, 0.5) is 5.69 Å². The topological polar surface area (TPSA) is 82.5 Å².